The minimum absolute atomic E-state index is 0.123. The average molecular weight is 314 g/mol. The van der Waals surface area contributed by atoms with Crippen molar-refractivity contribution >= 4 is 11.9 Å². The molecule has 0 radical (unpaired) electrons. The number of unbranched alkanes of at least 4 members (excludes halogenated alkanes) is 4. The maximum Gasteiger partial charge on any atom is 0.306 e. The van der Waals surface area contributed by atoms with Gasteiger partial charge in [-0.25, -0.2) is 0 Å². The molecule has 0 aromatic rings. The van der Waals surface area contributed by atoms with Crippen molar-refractivity contribution in [2.75, 3.05) is 6.61 Å². The number of ether oxygens (including phenoxy) is 2. The Morgan fingerprint density at radius 1 is 0.773 bits per heavy atom. The molecule has 0 heterocycles. The molecule has 0 fully saturated rings. The number of esters is 2. The van der Waals surface area contributed by atoms with Gasteiger partial charge in [-0.15, -0.1) is 0 Å². The second-order valence-electron chi connectivity index (χ2n) is 5.82. The van der Waals surface area contributed by atoms with Crippen molar-refractivity contribution in [3.05, 3.63) is 0 Å². The van der Waals surface area contributed by atoms with Crippen LogP contribution >= 0.6 is 0 Å². The summed E-state index contributed by atoms with van der Waals surface area (Å²) in [4.78, 5) is 23.3. The first kappa shape index (κ1) is 20.9. The zero-order valence-corrected chi connectivity index (χ0v) is 14.7. The number of rotatable bonds is 14. The third-order valence-electron chi connectivity index (χ3n) is 3.58. The monoisotopic (exact) mass is 314 g/mol. The normalized spacial score (nSPS) is 12.0. The van der Waals surface area contributed by atoms with Gasteiger partial charge in [-0.1, -0.05) is 52.9 Å². The predicted octanol–water partition coefficient (Wildman–Crippen LogP) is 4.79. The fourth-order valence-corrected chi connectivity index (χ4v) is 2.24. The molecule has 0 saturated carbocycles. The smallest absolute Gasteiger partial charge is 0.306 e. The van der Waals surface area contributed by atoms with Crippen molar-refractivity contribution in [1.82, 2.24) is 0 Å². The lowest BCUT2D eigenvalue weighted by Gasteiger charge is -2.17. The fraction of sp³-hybridized carbons (Fsp3) is 0.889. The molecule has 0 bridgehead atoms. The highest BCUT2D eigenvalue weighted by molar-refractivity contribution is 5.69. The van der Waals surface area contributed by atoms with Crippen molar-refractivity contribution in [2.45, 2.75) is 97.5 Å². The summed E-state index contributed by atoms with van der Waals surface area (Å²) in [6.45, 7) is 6.63. The summed E-state index contributed by atoms with van der Waals surface area (Å²) in [7, 11) is 0. The molecule has 0 aliphatic heterocycles. The van der Waals surface area contributed by atoms with Gasteiger partial charge in [0.2, 0.25) is 0 Å². The molecule has 0 aromatic carbocycles. The maximum absolute atomic E-state index is 11.7. The van der Waals surface area contributed by atoms with Crippen LogP contribution in [0.1, 0.15) is 91.4 Å². The SMILES string of the molecule is CCCCCC(=O)OCCC(CCC)OC(=O)CCCCC. The Balaban J connectivity index is 3.88. The number of carbonyl (C=O) groups is 2. The first-order chi connectivity index (χ1) is 10.6. The van der Waals surface area contributed by atoms with Crippen LogP contribution in [-0.4, -0.2) is 24.6 Å². The van der Waals surface area contributed by atoms with E-state index in [0.29, 0.717) is 25.9 Å². The molecule has 1 atom stereocenters. The van der Waals surface area contributed by atoms with Gasteiger partial charge in [0.1, 0.15) is 6.10 Å². The molecule has 0 saturated heterocycles. The van der Waals surface area contributed by atoms with E-state index < -0.39 is 0 Å². The Morgan fingerprint density at radius 3 is 1.91 bits per heavy atom. The van der Waals surface area contributed by atoms with Crippen LogP contribution < -0.4 is 0 Å². The number of hydrogen-bond acceptors (Lipinski definition) is 4. The lowest BCUT2D eigenvalue weighted by molar-refractivity contribution is -0.151. The van der Waals surface area contributed by atoms with Crippen LogP contribution in [0.4, 0.5) is 0 Å². The van der Waals surface area contributed by atoms with E-state index in [1.165, 1.54) is 0 Å². The van der Waals surface area contributed by atoms with Gasteiger partial charge in [0, 0.05) is 19.3 Å². The second kappa shape index (κ2) is 14.9. The van der Waals surface area contributed by atoms with Crippen LogP contribution in [0, 0.1) is 0 Å². The van der Waals surface area contributed by atoms with Crippen LogP contribution in [0.15, 0.2) is 0 Å². The quantitative estimate of drug-likeness (QED) is 0.341. The molecule has 0 amide bonds. The zero-order valence-electron chi connectivity index (χ0n) is 14.7. The molecular formula is C18H34O4. The lowest BCUT2D eigenvalue weighted by atomic mass is 10.1. The number of hydrogen-bond donors (Lipinski definition) is 0. The summed E-state index contributed by atoms with van der Waals surface area (Å²) < 4.78 is 10.7. The van der Waals surface area contributed by atoms with Crippen LogP contribution in [0.3, 0.4) is 0 Å². The van der Waals surface area contributed by atoms with E-state index in [1.807, 2.05) is 0 Å². The van der Waals surface area contributed by atoms with Crippen molar-refractivity contribution in [3.8, 4) is 0 Å². The topological polar surface area (TPSA) is 52.6 Å². The molecule has 0 N–H and O–H groups in total. The van der Waals surface area contributed by atoms with Gasteiger partial charge in [-0.2, -0.15) is 0 Å². The van der Waals surface area contributed by atoms with Crippen LogP contribution in [-0.2, 0) is 19.1 Å². The minimum Gasteiger partial charge on any atom is -0.466 e. The molecule has 0 aliphatic rings. The third kappa shape index (κ3) is 12.7. The van der Waals surface area contributed by atoms with Crippen molar-refractivity contribution in [1.29, 1.82) is 0 Å². The summed E-state index contributed by atoms with van der Waals surface area (Å²) in [6.07, 6.45) is 9.33. The highest BCUT2D eigenvalue weighted by Crippen LogP contribution is 2.11. The van der Waals surface area contributed by atoms with E-state index in [2.05, 4.69) is 20.8 Å². The molecule has 0 spiro atoms. The predicted molar refractivity (Wildman–Crippen MR) is 88.6 cm³/mol. The van der Waals surface area contributed by atoms with E-state index in [4.69, 9.17) is 9.47 Å². The average Bonchev–Trinajstić information content (AvgIpc) is 2.48. The molecule has 0 aromatic heterocycles. The van der Waals surface area contributed by atoms with Gasteiger partial charge in [-0.3, -0.25) is 9.59 Å². The van der Waals surface area contributed by atoms with Crippen LogP contribution in [0.2, 0.25) is 0 Å². The Hall–Kier alpha value is -1.06. The van der Waals surface area contributed by atoms with E-state index >= 15 is 0 Å². The molecule has 0 rings (SSSR count). The summed E-state index contributed by atoms with van der Waals surface area (Å²) in [5, 5.41) is 0. The highest BCUT2D eigenvalue weighted by atomic mass is 16.6. The first-order valence-electron chi connectivity index (χ1n) is 8.99. The maximum atomic E-state index is 11.7. The first-order valence-corrected chi connectivity index (χ1v) is 8.99. The Bertz CT molecular complexity index is 289. The van der Waals surface area contributed by atoms with E-state index in [0.717, 1.165) is 51.4 Å². The molecule has 4 nitrogen and oxygen atoms in total. The standard InChI is InChI=1S/C18H34O4/c1-4-7-9-12-17(19)21-15-14-16(11-6-3)22-18(20)13-10-8-5-2/h16H,4-15H2,1-3H3. The van der Waals surface area contributed by atoms with Crippen LogP contribution in [0.25, 0.3) is 0 Å². The molecule has 130 valence electrons. The van der Waals surface area contributed by atoms with Crippen LogP contribution in [0.5, 0.6) is 0 Å². The highest BCUT2D eigenvalue weighted by Gasteiger charge is 2.14. The van der Waals surface area contributed by atoms with Gasteiger partial charge < -0.3 is 9.47 Å². The Kier molecular flexibility index (Phi) is 14.1. The van der Waals surface area contributed by atoms with E-state index in [1.54, 1.807) is 0 Å². The zero-order chi connectivity index (χ0) is 16.6. The lowest BCUT2D eigenvalue weighted by Crippen LogP contribution is -2.21. The second-order valence-corrected chi connectivity index (χ2v) is 5.82. The fourth-order valence-electron chi connectivity index (χ4n) is 2.24. The van der Waals surface area contributed by atoms with E-state index in [-0.39, 0.29) is 18.0 Å². The summed E-state index contributed by atoms with van der Waals surface area (Å²) in [6, 6.07) is 0. The Labute approximate surface area is 135 Å². The van der Waals surface area contributed by atoms with Crippen molar-refractivity contribution in [3.63, 3.8) is 0 Å². The molecule has 22 heavy (non-hydrogen) atoms. The number of carbonyl (C=O) groups excluding carboxylic acids is 2. The van der Waals surface area contributed by atoms with Gasteiger partial charge in [0.05, 0.1) is 6.61 Å². The molecule has 0 aliphatic carbocycles. The van der Waals surface area contributed by atoms with Gasteiger partial charge >= 0.3 is 11.9 Å². The molecular weight excluding hydrogens is 280 g/mol. The largest absolute Gasteiger partial charge is 0.466 e. The molecule has 4 heteroatoms. The van der Waals surface area contributed by atoms with Crippen molar-refractivity contribution < 1.29 is 19.1 Å². The van der Waals surface area contributed by atoms with Gasteiger partial charge in [-0.05, 0) is 19.3 Å². The Morgan fingerprint density at radius 2 is 1.36 bits per heavy atom. The third-order valence-corrected chi connectivity index (χ3v) is 3.58. The molecule has 1 unspecified atom stereocenters. The summed E-state index contributed by atoms with van der Waals surface area (Å²) in [5.41, 5.74) is 0. The summed E-state index contributed by atoms with van der Waals surface area (Å²) >= 11 is 0. The van der Waals surface area contributed by atoms with Gasteiger partial charge in [0.25, 0.3) is 0 Å². The summed E-state index contributed by atoms with van der Waals surface area (Å²) in [5.74, 6) is -0.265. The van der Waals surface area contributed by atoms with Gasteiger partial charge in [0.15, 0.2) is 0 Å². The minimum atomic E-state index is -0.141. The van der Waals surface area contributed by atoms with E-state index in [9.17, 15) is 9.59 Å². The van der Waals surface area contributed by atoms with Crippen molar-refractivity contribution in [2.24, 2.45) is 0 Å².